The van der Waals surface area contributed by atoms with Crippen molar-refractivity contribution in [3.8, 4) is 0 Å². The van der Waals surface area contributed by atoms with Gasteiger partial charge in [-0.15, -0.1) is 32.9 Å². The van der Waals surface area contributed by atoms with Gasteiger partial charge in [-0.2, -0.15) is 0 Å². The molecule has 2 N–H and O–H groups in total. The normalized spacial score (nSPS) is 11.3. The molecule has 2 aromatic heterocycles. The first kappa shape index (κ1) is 17.3. The Balaban J connectivity index is 2.17. The van der Waals surface area contributed by atoms with Crippen molar-refractivity contribution in [2.45, 2.75) is 6.92 Å². The minimum atomic E-state index is -0.422. The fourth-order valence-electron chi connectivity index (χ4n) is 2.36. The van der Waals surface area contributed by atoms with E-state index < -0.39 is 5.97 Å². The molecule has 0 amide bonds. The highest BCUT2D eigenvalue weighted by Gasteiger charge is 2.22. The van der Waals surface area contributed by atoms with Crippen LogP contribution in [0.25, 0.3) is 10.1 Å². The van der Waals surface area contributed by atoms with E-state index in [0.29, 0.717) is 28.0 Å². The molecule has 0 aliphatic heterocycles. The summed E-state index contributed by atoms with van der Waals surface area (Å²) in [6, 6.07) is 3.77. The van der Waals surface area contributed by atoms with Crippen molar-refractivity contribution >= 4 is 60.9 Å². The highest BCUT2D eigenvalue weighted by atomic mass is 32.1. The van der Waals surface area contributed by atoms with Gasteiger partial charge in [0.2, 0.25) is 5.13 Å². The topological polar surface area (TPSA) is 93.2 Å². The van der Waals surface area contributed by atoms with Crippen LogP contribution in [-0.2, 0) is 4.74 Å². The Morgan fingerprint density at radius 3 is 2.80 bits per heavy atom. The Morgan fingerprint density at radius 1 is 1.36 bits per heavy atom. The summed E-state index contributed by atoms with van der Waals surface area (Å²) in [6.45, 7) is 2.06. The Labute approximate surface area is 152 Å². The molecule has 3 aromatic rings. The second-order valence-corrected chi connectivity index (χ2v) is 7.18. The van der Waals surface area contributed by atoms with Crippen LogP contribution < -0.4 is 10.6 Å². The van der Waals surface area contributed by atoms with Crippen LogP contribution in [0, 0.1) is 0 Å². The third-order valence-corrected chi connectivity index (χ3v) is 5.30. The molecule has 130 valence electrons. The summed E-state index contributed by atoms with van der Waals surface area (Å²) in [5.41, 5.74) is 8.23. The lowest BCUT2D eigenvalue weighted by molar-refractivity contribution is 0.0533. The van der Waals surface area contributed by atoms with E-state index in [-0.39, 0.29) is 0 Å². The van der Waals surface area contributed by atoms with Crippen molar-refractivity contribution in [1.29, 1.82) is 0 Å². The number of ether oxygens (including phenoxy) is 1. The lowest BCUT2D eigenvalue weighted by Crippen LogP contribution is -2.09. The summed E-state index contributed by atoms with van der Waals surface area (Å²) < 4.78 is 5.91. The number of esters is 1. The minimum Gasteiger partial charge on any atom is -0.462 e. The molecule has 7 nitrogen and oxygen atoms in total. The first-order valence-corrected chi connectivity index (χ1v) is 9.23. The van der Waals surface area contributed by atoms with Crippen molar-refractivity contribution < 1.29 is 9.53 Å². The molecule has 0 bridgehead atoms. The lowest BCUT2D eigenvalue weighted by atomic mass is 10.1. The van der Waals surface area contributed by atoms with Crippen molar-refractivity contribution in [2.75, 3.05) is 31.3 Å². The molecular weight excluding hydrogens is 358 g/mol. The van der Waals surface area contributed by atoms with Crippen LogP contribution in [0.5, 0.6) is 0 Å². The van der Waals surface area contributed by atoms with Crippen LogP contribution in [-0.4, -0.2) is 31.7 Å². The number of thiophene rings is 1. The lowest BCUT2D eigenvalue weighted by Gasteiger charge is -2.14. The van der Waals surface area contributed by atoms with E-state index in [1.54, 1.807) is 13.1 Å². The number of fused-ring (bicyclic) bond motifs is 1. The van der Waals surface area contributed by atoms with E-state index in [9.17, 15) is 4.79 Å². The van der Waals surface area contributed by atoms with Crippen molar-refractivity contribution in [2.24, 2.45) is 10.2 Å². The summed E-state index contributed by atoms with van der Waals surface area (Å²) >= 11 is 2.67. The average molecular weight is 375 g/mol. The van der Waals surface area contributed by atoms with Gasteiger partial charge in [-0.3, -0.25) is 0 Å². The maximum absolute atomic E-state index is 12.2. The summed E-state index contributed by atoms with van der Waals surface area (Å²) in [5.74, 6) is -0.422. The largest absolute Gasteiger partial charge is 0.462 e. The van der Waals surface area contributed by atoms with Gasteiger partial charge in [0.1, 0.15) is 10.6 Å². The monoisotopic (exact) mass is 375 g/mol. The standard InChI is InChI=1S/C16H17N5O2S2/c1-4-23-15(22)14-12(17)11-10(21(2)3)6-5-9(13(11)25-14)19-20-16-18-7-8-24-16/h5-8H,4,17H2,1-3H3. The molecular formula is C16H17N5O2S2. The number of rotatable bonds is 5. The van der Waals surface area contributed by atoms with E-state index in [2.05, 4.69) is 15.2 Å². The van der Waals surface area contributed by atoms with Gasteiger partial charge in [0, 0.05) is 36.7 Å². The number of hydrogen-bond donors (Lipinski definition) is 1. The number of aromatic nitrogens is 1. The first-order chi connectivity index (χ1) is 12.0. The van der Waals surface area contributed by atoms with Gasteiger partial charge in [-0.1, -0.05) is 0 Å². The number of anilines is 2. The molecule has 0 aliphatic carbocycles. The molecule has 0 unspecified atom stereocenters. The predicted octanol–water partition coefficient (Wildman–Crippen LogP) is 4.60. The molecule has 0 aliphatic rings. The fourth-order valence-corrected chi connectivity index (χ4v) is 3.90. The number of nitrogen functional groups attached to an aromatic ring is 1. The van der Waals surface area contributed by atoms with Crippen molar-refractivity contribution in [3.63, 3.8) is 0 Å². The number of hydrogen-bond acceptors (Lipinski definition) is 9. The number of nitrogens with zero attached hydrogens (tertiary/aromatic N) is 4. The second kappa shape index (κ2) is 7.16. The summed E-state index contributed by atoms with van der Waals surface area (Å²) in [4.78, 5) is 18.6. The van der Waals surface area contributed by atoms with Crippen LogP contribution in [0.4, 0.5) is 22.2 Å². The molecule has 9 heteroatoms. The minimum absolute atomic E-state index is 0.295. The predicted molar refractivity (Wildman–Crippen MR) is 103 cm³/mol. The Kier molecular flexibility index (Phi) is 4.95. The third-order valence-electron chi connectivity index (χ3n) is 3.44. The zero-order valence-corrected chi connectivity index (χ0v) is 15.6. The number of benzene rings is 1. The first-order valence-electron chi connectivity index (χ1n) is 7.53. The molecule has 1 aromatic carbocycles. The van der Waals surface area contributed by atoms with Gasteiger partial charge < -0.3 is 15.4 Å². The fraction of sp³-hybridized carbons (Fsp3) is 0.250. The smallest absolute Gasteiger partial charge is 0.350 e. The second-order valence-electron chi connectivity index (χ2n) is 5.28. The van der Waals surface area contributed by atoms with Crippen LogP contribution in [0.2, 0.25) is 0 Å². The zero-order chi connectivity index (χ0) is 18.0. The zero-order valence-electron chi connectivity index (χ0n) is 14.0. The third kappa shape index (κ3) is 3.33. The number of thiazole rings is 1. The maximum Gasteiger partial charge on any atom is 0.350 e. The van der Waals surface area contributed by atoms with E-state index in [0.717, 1.165) is 15.8 Å². The number of carbonyl (C=O) groups excluding carboxylic acids is 1. The summed E-state index contributed by atoms with van der Waals surface area (Å²) in [5, 5.41) is 11.6. The molecule has 2 heterocycles. The van der Waals surface area contributed by atoms with E-state index in [1.807, 2.05) is 36.5 Å². The Hall–Kier alpha value is -2.52. The molecule has 0 fully saturated rings. The van der Waals surface area contributed by atoms with Crippen LogP contribution in [0.3, 0.4) is 0 Å². The molecule has 25 heavy (non-hydrogen) atoms. The van der Waals surface area contributed by atoms with Gasteiger partial charge in [0.25, 0.3) is 0 Å². The van der Waals surface area contributed by atoms with Crippen LogP contribution >= 0.6 is 22.7 Å². The SMILES string of the molecule is CCOC(=O)c1sc2c(N=Nc3nccs3)ccc(N(C)C)c2c1N. The van der Waals surface area contributed by atoms with Gasteiger partial charge >= 0.3 is 5.97 Å². The number of azo groups is 1. The molecule has 0 radical (unpaired) electrons. The van der Waals surface area contributed by atoms with Crippen LogP contribution in [0.1, 0.15) is 16.6 Å². The van der Waals surface area contributed by atoms with Gasteiger partial charge in [-0.25, -0.2) is 9.78 Å². The van der Waals surface area contributed by atoms with Crippen LogP contribution in [0.15, 0.2) is 33.9 Å². The molecule has 3 rings (SSSR count). The van der Waals surface area contributed by atoms with E-state index in [4.69, 9.17) is 10.5 Å². The molecule has 0 saturated carbocycles. The van der Waals surface area contributed by atoms with Crippen molar-refractivity contribution in [1.82, 2.24) is 4.98 Å². The molecule has 0 saturated heterocycles. The highest BCUT2D eigenvalue weighted by Crippen LogP contribution is 2.45. The van der Waals surface area contributed by atoms with Gasteiger partial charge in [0.05, 0.1) is 17.0 Å². The highest BCUT2D eigenvalue weighted by molar-refractivity contribution is 7.22. The Morgan fingerprint density at radius 2 is 2.16 bits per heavy atom. The van der Waals surface area contributed by atoms with E-state index in [1.165, 1.54) is 22.7 Å². The summed E-state index contributed by atoms with van der Waals surface area (Å²) in [6.07, 6.45) is 1.67. The average Bonchev–Trinajstić information content (AvgIpc) is 3.21. The van der Waals surface area contributed by atoms with Crippen molar-refractivity contribution in [3.05, 3.63) is 28.6 Å². The molecule has 0 spiro atoms. The summed E-state index contributed by atoms with van der Waals surface area (Å²) in [7, 11) is 3.85. The van der Waals surface area contributed by atoms with Gasteiger partial charge in [-0.05, 0) is 19.1 Å². The Bertz CT molecular complexity index is 932. The van der Waals surface area contributed by atoms with Gasteiger partial charge in [0.15, 0.2) is 0 Å². The quantitative estimate of drug-likeness (QED) is 0.520. The number of nitrogens with two attached hydrogens (primary N) is 1. The number of carbonyl (C=O) groups is 1. The molecule has 0 atom stereocenters. The maximum atomic E-state index is 12.2. The van der Waals surface area contributed by atoms with E-state index >= 15 is 0 Å².